The van der Waals surface area contributed by atoms with E-state index in [0.717, 1.165) is 5.57 Å². The van der Waals surface area contributed by atoms with Gasteiger partial charge in [-0.2, -0.15) is 0 Å². The van der Waals surface area contributed by atoms with E-state index in [2.05, 4.69) is 9.98 Å². The molecule has 2 rings (SSSR count). The number of hydrogen-bond acceptors (Lipinski definition) is 3. The van der Waals surface area contributed by atoms with Gasteiger partial charge in [-0.15, -0.1) is 0 Å². The number of hydrogen-bond donors (Lipinski definition) is 1. The molecule has 0 saturated heterocycles. The summed E-state index contributed by atoms with van der Waals surface area (Å²) in [6.45, 7) is 0. The molecule has 4 heteroatoms. The van der Waals surface area contributed by atoms with Crippen molar-refractivity contribution < 1.29 is 9.90 Å². The Labute approximate surface area is 68.6 Å². The molecule has 1 atom stereocenters. The highest BCUT2D eigenvalue weighted by Crippen LogP contribution is 2.16. The van der Waals surface area contributed by atoms with E-state index >= 15 is 0 Å². The Morgan fingerprint density at radius 2 is 2.42 bits per heavy atom. The largest absolute Gasteiger partial charge is 0.479 e. The third-order valence-corrected chi connectivity index (χ3v) is 1.75. The summed E-state index contributed by atoms with van der Waals surface area (Å²) in [5.74, 6) is -0.959. The lowest BCUT2D eigenvalue weighted by Crippen LogP contribution is -2.30. The molecule has 0 aromatic carbocycles. The second-order valence-electron chi connectivity index (χ2n) is 2.49. The van der Waals surface area contributed by atoms with Gasteiger partial charge in [-0.05, 0) is 12.2 Å². The number of dihydropyridines is 1. The SMILES string of the molecule is O=C(O)[C@H]1N=CC=C2C=CN=C21. The summed E-state index contributed by atoms with van der Waals surface area (Å²) in [6, 6.07) is -0.819. The predicted octanol–water partition coefficient (Wildman–Crippen LogP) is 0.419. The van der Waals surface area contributed by atoms with E-state index in [9.17, 15) is 4.79 Å². The van der Waals surface area contributed by atoms with Crippen LogP contribution in [0, 0.1) is 0 Å². The summed E-state index contributed by atoms with van der Waals surface area (Å²) >= 11 is 0. The molecule has 0 radical (unpaired) electrons. The maximum atomic E-state index is 10.6. The predicted molar refractivity (Wildman–Crippen MR) is 44.6 cm³/mol. The third kappa shape index (κ3) is 0.887. The zero-order valence-corrected chi connectivity index (χ0v) is 6.14. The zero-order valence-electron chi connectivity index (χ0n) is 6.14. The Bertz CT molecular complexity index is 350. The minimum Gasteiger partial charge on any atom is -0.479 e. The summed E-state index contributed by atoms with van der Waals surface area (Å²) in [7, 11) is 0. The van der Waals surface area contributed by atoms with Gasteiger partial charge in [0.05, 0.1) is 5.71 Å². The van der Waals surface area contributed by atoms with Gasteiger partial charge in [0.15, 0.2) is 6.04 Å². The van der Waals surface area contributed by atoms with Gasteiger partial charge in [0.2, 0.25) is 0 Å². The number of aliphatic carboxylic acids is 1. The third-order valence-electron chi connectivity index (χ3n) is 1.75. The van der Waals surface area contributed by atoms with E-state index in [1.807, 2.05) is 0 Å². The van der Waals surface area contributed by atoms with E-state index in [0.29, 0.717) is 5.71 Å². The standard InChI is InChI=1S/C8H6N2O2/c11-8(12)7-6-5(1-3-9-6)2-4-10-7/h1-4,7H,(H,11,12)/t7-/m0/s1. The molecular weight excluding hydrogens is 156 g/mol. The second-order valence-corrected chi connectivity index (χ2v) is 2.49. The molecule has 4 nitrogen and oxygen atoms in total. The zero-order chi connectivity index (χ0) is 8.55. The highest BCUT2D eigenvalue weighted by Gasteiger charge is 2.27. The average molecular weight is 162 g/mol. The first-order chi connectivity index (χ1) is 5.79. The molecule has 0 unspecified atom stereocenters. The van der Waals surface area contributed by atoms with Crippen LogP contribution in [0.3, 0.4) is 0 Å². The van der Waals surface area contributed by atoms with Crippen molar-refractivity contribution in [1.29, 1.82) is 0 Å². The number of fused-ring (bicyclic) bond motifs is 1. The van der Waals surface area contributed by atoms with Crippen molar-refractivity contribution in [1.82, 2.24) is 0 Å². The first-order valence-corrected chi connectivity index (χ1v) is 3.50. The van der Waals surface area contributed by atoms with E-state index in [4.69, 9.17) is 5.11 Å². The van der Waals surface area contributed by atoms with Crippen molar-refractivity contribution >= 4 is 17.9 Å². The Hall–Kier alpha value is -1.71. The van der Waals surface area contributed by atoms with Gasteiger partial charge in [-0.3, -0.25) is 9.98 Å². The smallest absolute Gasteiger partial charge is 0.334 e. The van der Waals surface area contributed by atoms with Crippen LogP contribution in [0.4, 0.5) is 0 Å². The highest BCUT2D eigenvalue weighted by molar-refractivity contribution is 6.20. The van der Waals surface area contributed by atoms with Crippen molar-refractivity contribution in [2.24, 2.45) is 9.98 Å². The van der Waals surface area contributed by atoms with Crippen LogP contribution in [-0.2, 0) is 4.79 Å². The number of nitrogens with zero attached hydrogens (tertiary/aromatic N) is 2. The Morgan fingerprint density at radius 3 is 3.17 bits per heavy atom. The van der Waals surface area contributed by atoms with Crippen molar-refractivity contribution in [2.45, 2.75) is 6.04 Å². The van der Waals surface area contributed by atoms with Crippen LogP contribution < -0.4 is 0 Å². The second kappa shape index (κ2) is 2.41. The molecule has 0 aromatic rings. The van der Waals surface area contributed by atoms with Crippen LogP contribution in [0.25, 0.3) is 0 Å². The van der Waals surface area contributed by atoms with Crippen LogP contribution in [0.1, 0.15) is 0 Å². The van der Waals surface area contributed by atoms with E-state index in [-0.39, 0.29) is 0 Å². The van der Waals surface area contributed by atoms with Crippen molar-refractivity contribution in [3.8, 4) is 0 Å². The molecule has 2 heterocycles. The number of allylic oxidation sites excluding steroid dienone is 2. The van der Waals surface area contributed by atoms with Gasteiger partial charge < -0.3 is 5.11 Å². The van der Waals surface area contributed by atoms with Gasteiger partial charge in [-0.25, -0.2) is 4.79 Å². The number of carboxylic acids is 1. The molecule has 0 fully saturated rings. The van der Waals surface area contributed by atoms with Crippen molar-refractivity contribution in [2.75, 3.05) is 0 Å². The topological polar surface area (TPSA) is 62.0 Å². The molecule has 0 aromatic heterocycles. The summed E-state index contributed by atoms with van der Waals surface area (Å²) in [5, 5.41) is 8.74. The van der Waals surface area contributed by atoms with Crippen LogP contribution in [0.2, 0.25) is 0 Å². The normalized spacial score (nSPS) is 24.8. The first kappa shape index (κ1) is 6.97. The molecular formula is C8H6N2O2. The van der Waals surface area contributed by atoms with Crippen LogP contribution in [0.5, 0.6) is 0 Å². The van der Waals surface area contributed by atoms with Gasteiger partial charge in [0, 0.05) is 18.0 Å². The van der Waals surface area contributed by atoms with Crippen LogP contribution in [0.15, 0.2) is 33.9 Å². The van der Waals surface area contributed by atoms with Crippen molar-refractivity contribution in [3.05, 3.63) is 23.9 Å². The lowest BCUT2D eigenvalue weighted by Gasteiger charge is -2.11. The molecule has 2 aliphatic heterocycles. The Morgan fingerprint density at radius 1 is 1.58 bits per heavy atom. The highest BCUT2D eigenvalue weighted by atomic mass is 16.4. The van der Waals surface area contributed by atoms with E-state index in [1.54, 1.807) is 18.4 Å². The minimum atomic E-state index is -0.959. The van der Waals surface area contributed by atoms with Gasteiger partial charge in [0.1, 0.15) is 0 Å². The maximum Gasteiger partial charge on any atom is 0.334 e. The molecule has 1 N–H and O–H groups in total. The molecule has 0 spiro atoms. The summed E-state index contributed by atoms with van der Waals surface area (Å²) in [4.78, 5) is 18.4. The molecule has 0 aliphatic carbocycles. The summed E-state index contributed by atoms with van der Waals surface area (Å²) in [5.41, 5.74) is 1.38. The molecule has 0 saturated carbocycles. The summed E-state index contributed by atoms with van der Waals surface area (Å²) < 4.78 is 0. The van der Waals surface area contributed by atoms with Crippen molar-refractivity contribution in [3.63, 3.8) is 0 Å². The van der Waals surface area contributed by atoms with Crippen LogP contribution >= 0.6 is 0 Å². The fraction of sp³-hybridized carbons (Fsp3) is 0.125. The van der Waals surface area contributed by atoms with E-state index in [1.165, 1.54) is 6.21 Å². The van der Waals surface area contributed by atoms with Crippen LogP contribution in [-0.4, -0.2) is 29.0 Å². The molecule has 0 bridgehead atoms. The van der Waals surface area contributed by atoms with Gasteiger partial charge in [0.25, 0.3) is 0 Å². The number of rotatable bonds is 1. The van der Waals surface area contributed by atoms with Gasteiger partial charge >= 0.3 is 5.97 Å². The Balaban J connectivity index is 2.39. The number of carbonyl (C=O) groups is 1. The number of aliphatic imine (C=N–C) groups is 2. The molecule has 0 amide bonds. The fourth-order valence-corrected chi connectivity index (χ4v) is 1.19. The van der Waals surface area contributed by atoms with Gasteiger partial charge in [-0.1, -0.05) is 0 Å². The lowest BCUT2D eigenvalue weighted by molar-refractivity contribution is -0.136. The first-order valence-electron chi connectivity index (χ1n) is 3.50. The maximum absolute atomic E-state index is 10.6. The average Bonchev–Trinajstić information content (AvgIpc) is 2.49. The molecule has 60 valence electrons. The summed E-state index contributed by atoms with van der Waals surface area (Å²) in [6.07, 6.45) is 6.62. The molecule has 12 heavy (non-hydrogen) atoms. The lowest BCUT2D eigenvalue weighted by atomic mass is 10.0. The Kier molecular flexibility index (Phi) is 1.40. The molecule has 2 aliphatic rings. The minimum absolute atomic E-state index is 0.532. The fourth-order valence-electron chi connectivity index (χ4n) is 1.19. The van der Waals surface area contributed by atoms with E-state index < -0.39 is 12.0 Å². The number of carboxylic acid groups (broad SMARTS) is 1. The monoisotopic (exact) mass is 162 g/mol. The quantitative estimate of drug-likeness (QED) is 0.607.